The number of rotatable bonds is 4. The van der Waals surface area contributed by atoms with E-state index in [0.29, 0.717) is 34.8 Å². The predicted octanol–water partition coefficient (Wildman–Crippen LogP) is 4.74. The molecule has 5 nitrogen and oxygen atoms in total. The van der Waals surface area contributed by atoms with Gasteiger partial charge in [0.1, 0.15) is 11.4 Å². The Kier molecular flexibility index (Phi) is 5.02. The van der Waals surface area contributed by atoms with Gasteiger partial charge in [-0.15, -0.1) is 0 Å². The molecule has 3 aromatic carbocycles. The molecule has 0 saturated carbocycles. The molecule has 0 bridgehead atoms. The Balaban J connectivity index is 1.70. The first kappa shape index (κ1) is 20.1. The molecule has 0 fully saturated rings. The highest BCUT2D eigenvalue weighted by Gasteiger charge is 2.43. The number of hydrogen-bond donors (Lipinski definition) is 0. The van der Waals surface area contributed by atoms with Crippen LogP contribution in [0.3, 0.4) is 0 Å². The van der Waals surface area contributed by atoms with Crippen molar-refractivity contribution in [2.75, 3.05) is 23.5 Å². The summed E-state index contributed by atoms with van der Waals surface area (Å²) in [6.07, 6.45) is 1.88. The molecule has 3 aromatic rings. The molecule has 2 heterocycles. The highest BCUT2D eigenvalue weighted by molar-refractivity contribution is 6.46. The maximum atomic E-state index is 13.9. The normalized spacial score (nSPS) is 15.9. The van der Waals surface area contributed by atoms with Crippen molar-refractivity contribution in [1.29, 1.82) is 0 Å². The van der Waals surface area contributed by atoms with Crippen LogP contribution >= 0.6 is 0 Å². The summed E-state index contributed by atoms with van der Waals surface area (Å²) < 4.78 is 5.29. The van der Waals surface area contributed by atoms with E-state index in [-0.39, 0.29) is 11.8 Å². The van der Waals surface area contributed by atoms with Gasteiger partial charge < -0.3 is 9.64 Å². The van der Waals surface area contributed by atoms with Crippen LogP contribution < -0.4 is 14.5 Å². The van der Waals surface area contributed by atoms with Crippen LogP contribution in [0, 0.1) is 6.92 Å². The van der Waals surface area contributed by atoms with Gasteiger partial charge in [-0.3, -0.25) is 9.59 Å². The van der Waals surface area contributed by atoms with Crippen LogP contribution in [0.4, 0.5) is 11.4 Å². The van der Waals surface area contributed by atoms with E-state index >= 15 is 0 Å². The van der Waals surface area contributed by atoms with Crippen LogP contribution in [-0.4, -0.2) is 25.5 Å². The molecule has 0 aliphatic carbocycles. The fourth-order valence-corrected chi connectivity index (χ4v) is 4.59. The predicted molar refractivity (Wildman–Crippen MR) is 126 cm³/mol. The summed E-state index contributed by atoms with van der Waals surface area (Å²) in [7, 11) is 1.61. The van der Waals surface area contributed by atoms with Crippen LogP contribution in [0.25, 0.3) is 5.57 Å². The summed E-state index contributed by atoms with van der Waals surface area (Å²) in [5.74, 6) is 0.117. The van der Waals surface area contributed by atoms with Crippen LogP contribution in [0.2, 0.25) is 0 Å². The molecule has 2 aliphatic rings. The molecule has 2 aliphatic heterocycles. The van der Waals surface area contributed by atoms with E-state index < -0.39 is 0 Å². The van der Waals surface area contributed by atoms with Gasteiger partial charge in [-0.2, -0.15) is 0 Å². The number of methoxy groups -OCH3 is 1. The van der Waals surface area contributed by atoms with E-state index in [4.69, 9.17) is 4.74 Å². The number of carbonyl (C=O) groups is 2. The van der Waals surface area contributed by atoms with E-state index in [9.17, 15) is 9.59 Å². The number of para-hydroxylation sites is 2. The second kappa shape index (κ2) is 8.00. The minimum atomic E-state index is -0.299. The van der Waals surface area contributed by atoms with E-state index in [1.165, 1.54) is 10.5 Å². The van der Waals surface area contributed by atoms with Crippen molar-refractivity contribution in [1.82, 2.24) is 0 Å². The van der Waals surface area contributed by atoms with Crippen molar-refractivity contribution in [2.24, 2.45) is 0 Å². The zero-order valence-electron chi connectivity index (χ0n) is 18.2. The zero-order chi connectivity index (χ0) is 22.2. The van der Waals surface area contributed by atoms with Gasteiger partial charge in [-0.1, -0.05) is 48.5 Å². The van der Waals surface area contributed by atoms with E-state index in [1.807, 2.05) is 78.6 Å². The molecular formula is C27H24N2O3. The summed E-state index contributed by atoms with van der Waals surface area (Å²) in [6.45, 7) is 2.60. The number of nitrogens with zero attached hydrogens (tertiary/aromatic N) is 2. The summed E-state index contributed by atoms with van der Waals surface area (Å²) in [6, 6.07) is 22.9. The van der Waals surface area contributed by atoms with Crippen molar-refractivity contribution in [2.45, 2.75) is 19.8 Å². The number of imide groups is 1. The van der Waals surface area contributed by atoms with Gasteiger partial charge in [0, 0.05) is 12.2 Å². The summed E-state index contributed by atoms with van der Waals surface area (Å²) in [5.41, 5.74) is 5.26. The Labute approximate surface area is 187 Å². The summed E-state index contributed by atoms with van der Waals surface area (Å²) in [4.78, 5) is 31.0. The van der Waals surface area contributed by atoms with Gasteiger partial charge in [0.2, 0.25) is 0 Å². The third-order valence-corrected chi connectivity index (χ3v) is 6.17. The van der Waals surface area contributed by atoms with E-state index in [1.54, 1.807) is 7.11 Å². The fraction of sp³-hybridized carbons (Fsp3) is 0.185. The average Bonchev–Trinajstić information content (AvgIpc) is 3.09. The molecular weight excluding hydrogens is 400 g/mol. The fourth-order valence-electron chi connectivity index (χ4n) is 4.59. The first-order valence-electron chi connectivity index (χ1n) is 10.8. The van der Waals surface area contributed by atoms with Gasteiger partial charge in [0.25, 0.3) is 11.8 Å². The Hall–Kier alpha value is -3.86. The second-order valence-corrected chi connectivity index (χ2v) is 8.07. The molecule has 0 atom stereocenters. The molecule has 0 unspecified atom stereocenters. The molecule has 32 heavy (non-hydrogen) atoms. The van der Waals surface area contributed by atoms with Gasteiger partial charge in [-0.05, 0) is 60.7 Å². The topological polar surface area (TPSA) is 49.9 Å². The molecule has 0 N–H and O–H groups in total. The third kappa shape index (κ3) is 3.17. The van der Waals surface area contributed by atoms with Crippen molar-refractivity contribution >= 4 is 28.8 Å². The van der Waals surface area contributed by atoms with Crippen LogP contribution in [0.1, 0.15) is 23.1 Å². The minimum Gasteiger partial charge on any atom is -0.497 e. The lowest BCUT2D eigenvalue weighted by atomic mass is 9.98. The maximum Gasteiger partial charge on any atom is 0.282 e. The zero-order valence-corrected chi connectivity index (χ0v) is 18.2. The SMILES string of the molecule is COc1ccc(C2=C(N3CCCc4ccccc43)C(=O)N(c3ccccc3C)C2=O)cc1. The highest BCUT2D eigenvalue weighted by Crippen LogP contribution is 2.40. The van der Waals surface area contributed by atoms with Crippen molar-refractivity contribution in [3.05, 3.63) is 95.2 Å². The van der Waals surface area contributed by atoms with Gasteiger partial charge >= 0.3 is 0 Å². The average molecular weight is 425 g/mol. The molecule has 0 radical (unpaired) electrons. The first-order chi connectivity index (χ1) is 15.6. The van der Waals surface area contributed by atoms with Gasteiger partial charge in [-0.25, -0.2) is 4.90 Å². The van der Waals surface area contributed by atoms with Crippen LogP contribution in [0.5, 0.6) is 5.75 Å². The Morgan fingerprint density at radius 3 is 2.22 bits per heavy atom. The van der Waals surface area contributed by atoms with Crippen LogP contribution in [-0.2, 0) is 16.0 Å². The number of fused-ring (bicyclic) bond motifs is 1. The first-order valence-corrected chi connectivity index (χ1v) is 10.8. The number of carbonyl (C=O) groups excluding carboxylic acids is 2. The van der Waals surface area contributed by atoms with Crippen molar-refractivity contribution < 1.29 is 14.3 Å². The molecule has 5 rings (SSSR count). The van der Waals surface area contributed by atoms with E-state index in [2.05, 4.69) is 6.07 Å². The number of benzene rings is 3. The van der Waals surface area contributed by atoms with Crippen molar-refractivity contribution in [3.63, 3.8) is 0 Å². The number of ether oxygens (including phenoxy) is 1. The van der Waals surface area contributed by atoms with Crippen LogP contribution in [0.15, 0.2) is 78.5 Å². The number of anilines is 2. The molecule has 0 aromatic heterocycles. The van der Waals surface area contributed by atoms with Gasteiger partial charge in [0.05, 0.1) is 18.4 Å². The third-order valence-electron chi connectivity index (χ3n) is 6.17. The second-order valence-electron chi connectivity index (χ2n) is 8.07. The lowest BCUT2D eigenvalue weighted by Gasteiger charge is -2.32. The molecule has 0 spiro atoms. The van der Waals surface area contributed by atoms with Gasteiger partial charge in [0.15, 0.2) is 0 Å². The highest BCUT2D eigenvalue weighted by atomic mass is 16.5. The smallest absolute Gasteiger partial charge is 0.282 e. The minimum absolute atomic E-state index is 0.285. The summed E-state index contributed by atoms with van der Waals surface area (Å²) in [5, 5.41) is 0. The lowest BCUT2D eigenvalue weighted by Crippen LogP contribution is -2.37. The Morgan fingerprint density at radius 1 is 0.812 bits per heavy atom. The molecule has 5 heteroatoms. The summed E-state index contributed by atoms with van der Waals surface area (Å²) >= 11 is 0. The van der Waals surface area contributed by atoms with E-state index in [0.717, 1.165) is 24.1 Å². The standard InChI is InChI=1S/C27H24N2O3/c1-18-8-3-5-11-22(18)29-26(30)24(20-13-15-21(32-2)16-14-20)25(27(29)31)28-17-7-10-19-9-4-6-12-23(19)28/h3-6,8-9,11-16H,7,10,17H2,1-2H3. The quantitative estimate of drug-likeness (QED) is 0.568. The number of hydrogen-bond acceptors (Lipinski definition) is 4. The van der Waals surface area contributed by atoms with Crippen molar-refractivity contribution in [3.8, 4) is 5.75 Å². The largest absolute Gasteiger partial charge is 0.497 e. The lowest BCUT2D eigenvalue weighted by molar-refractivity contribution is -0.120. The molecule has 160 valence electrons. The Bertz CT molecular complexity index is 1240. The number of aryl methyl sites for hydroxylation is 2. The monoisotopic (exact) mass is 424 g/mol. The Morgan fingerprint density at radius 2 is 1.50 bits per heavy atom. The maximum absolute atomic E-state index is 13.9. The number of amides is 2. The molecule has 2 amide bonds. The molecule has 0 saturated heterocycles.